The van der Waals surface area contributed by atoms with Gasteiger partial charge in [0.15, 0.2) is 5.82 Å². The Bertz CT molecular complexity index is 1080. The van der Waals surface area contributed by atoms with Crippen molar-refractivity contribution in [3.8, 4) is 11.5 Å². The number of imidazole rings is 1. The molecule has 0 amide bonds. The number of hydrogen-bond acceptors (Lipinski definition) is 4. The second-order valence-corrected chi connectivity index (χ2v) is 5.50. The zero-order valence-electron chi connectivity index (χ0n) is 12.6. The van der Waals surface area contributed by atoms with Crippen molar-refractivity contribution < 1.29 is 0 Å². The van der Waals surface area contributed by atoms with E-state index in [-0.39, 0.29) is 11.4 Å². The second-order valence-electron chi connectivity index (χ2n) is 5.50. The van der Waals surface area contributed by atoms with Crippen LogP contribution >= 0.6 is 0 Å². The van der Waals surface area contributed by atoms with Crippen molar-refractivity contribution in [2.24, 2.45) is 14.1 Å². The summed E-state index contributed by atoms with van der Waals surface area (Å²) in [6.07, 6.45) is 3.37. The van der Waals surface area contributed by atoms with Gasteiger partial charge < -0.3 is 4.98 Å². The van der Waals surface area contributed by atoms with E-state index in [4.69, 9.17) is 0 Å². The molecule has 0 saturated carbocycles. The highest BCUT2D eigenvalue weighted by atomic mass is 16.2. The minimum absolute atomic E-state index is 0.234. The van der Waals surface area contributed by atoms with Gasteiger partial charge >= 0.3 is 11.4 Å². The number of fused-ring (bicyclic) bond motifs is 2. The molecule has 2 aromatic rings. The summed E-state index contributed by atoms with van der Waals surface area (Å²) in [7, 11) is 3.25. The molecule has 8 nitrogen and oxygen atoms in total. The van der Waals surface area contributed by atoms with Crippen molar-refractivity contribution >= 4 is 11.0 Å². The fourth-order valence-electron chi connectivity index (χ4n) is 2.75. The number of hydrogen-bond donors (Lipinski definition) is 1. The maximum atomic E-state index is 12.5. The Morgan fingerprint density at radius 2 is 2.04 bits per heavy atom. The van der Waals surface area contributed by atoms with E-state index >= 15 is 0 Å². The molecular weight excluding hydrogens is 296 g/mol. The summed E-state index contributed by atoms with van der Waals surface area (Å²) < 4.78 is 4.36. The number of H-pyrrole nitrogens is 1. The van der Waals surface area contributed by atoms with Crippen LogP contribution in [-0.2, 0) is 20.6 Å². The molecule has 4 heterocycles. The SMILES string of the molecule is Cn1c2cn(Cc3cc4cccnc4[nH]3)c(=O)n(C)c-2nc1=O. The molecule has 0 saturated heterocycles. The molecule has 2 aliphatic heterocycles. The zero-order valence-corrected chi connectivity index (χ0v) is 12.6. The topological polar surface area (TPSA) is 90.5 Å². The van der Waals surface area contributed by atoms with Crippen LogP contribution in [0.3, 0.4) is 0 Å². The van der Waals surface area contributed by atoms with Crippen molar-refractivity contribution in [2.75, 3.05) is 0 Å². The van der Waals surface area contributed by atoms with Crippen molar-refractivity contribution in [1.29, 1.82) is 0 Å². The van der Waals surface area contributed by atoms with E-state index in [0.29, 0.717) is 18.1 Å². The number of nitrogens with one attached hydrogen (secondary N) is 1. The van der Waals surface area contributed by atoms with Gasteiger partial charge in [0, 0.05) is 37.6 Å². The molecule has 2 aromatic heterocycles. The van der Waals surface area contributed by atoms with Crippen LogP contribution in [0.15, 0.2) is 40.2 Å². The first-order valence-electron chi connectivity index (χ1n) is 7.10. The number of aromatic amines is 1. The van der Waals surface area contributed by atoms with Gasteiger partial charge in [0.1, 0.15) is 11.3 Å². The standard InChI is InChI=1S/C15H14N6O2/c1-19-11-8-21(15(23)20(2)13(11)18-14(19)22)7-10-6-9-4-3-5-16-12(9)17-10/h3-6,8H,7H2,1-2H3,(H,16,17). The third-order valence-electron chi connectivity index (χ3n) is 4.00. The molecule has 0 spiro atoms. The molecule has 0 aliphatic carbocycles. The van der Waals surface area contributed by atoms with Crippen LogP contribution in [0.25, 0.3) is 22.6 Å². The molecule has 0 aromatic carbocycles. The average molecular weight is 310 g/mol. The Morgan fingerprint density at radius 3 is 2.83 bits per heavy atom. The minimum Gasteiger partial charge on any atom is -0.342 e. The van der Waals surface area contributed by atoms with Gasteiger partial charge in [0.2, 0.25) is 0 Å². The molecule has 4 rings (SSSR count). The van der Waals surface area contributed by atoms with Crippen LogP contribution in [-0.4, -0.2) is 28.7 Å². The van der Waals surface area contributed by atoms with Crippen LogP contribution in [0.5, 0.6) is 0 Å². The summed E-state index contributed by atoms with van der Waals surface area (Å²) in [5.74, 6) is 0.386. The first-order chi connectivity index (χ1) is 11.0. The smallest absolute Gasteiger partial charge is 0.342 e. The lowest BCUT2D eigenvalue weighted by Crippen LogP contribution is -2.31. The van der Waals surface area contributed by atoms with E-state index in [2.05, 4.69) is 15.0 Å². The lowest BCUT2D eigenvalue weighted by molar-refractivity contribution is 0.648. The van der Waals surface area contributed by atoms with Gasteiger partial charge in [-0.1, -0.05) is 0 Å². The first kappa shape index (κ1) is 13.5. The van der Waals surface area contributed by atoms with Crippen LogP contribution in [0.4, 0.5) is 0 Å². The second kappa shape index (κ2) is 4.67. The largest absolute Gasteiger partial charge is 0.349 e. The summed E-state index contributed by atoms with van der Waals surface area (Å²) in [6.45, 7) is 0.359. The van der Waals surface area contributed by atoms with Crippen LogP contribution in [0, 0.1) is 0 Å². The molecular formula is C15H14N6O2. The van der Waals surface area contributed by atoms with Crippen molar-refractivity contribution in [3.63, 3.8) is 0 Å². The summed E-state index contributed by atoms with van der Waals surface area (Å²) >= 11 is 0. The van der Waals surface area contributed by atoms with Gasteiger partial charge in [0.25, 0.3) is 0 Å². The predicted octanol–water partition coefficient (Wildman–Crippen LogP) is 0.310. The summed E-state index contributed by atoms with van der Waals surface area (Å²) in [4.78, 5) is 35.5. The summed E-state index contributed by atoms with van der Waals surface area (Å²) in [5, 5.41) is 0.989. The first-order valence-corrected chi connectivity index (χ1v) is 7.10. The number of nitrogens with zero attached hydrogens (tertiary/aromatic N) is 5. The third-order valence-corrected chi connectivity index (χ3v) is 4.00. The molecule has 0 fully saturated rings. The summed E-state index contributed by atoms with van der Waals surface area (Å²) in [5.41, 5.74) is 1.66. The maximum Gasteiger partial charge on any atom is 0.349 e. The fraction of sp³-hybridized carbons (Fsp3) is 0.200. The Kier molecular flexibility index (Phi) is 2.74. The Balaban J connectivity index is 1.87. The molecule has 116 valence electrons. The average Bonchev–Trinajstić information content (AvgIpc) is 3.07. The summed E-state index contributed by atoms with van der Waals surface area (Å²) in [6, 6.07) is 5.78. The van der Waals surface area contributed by atoms with Crippen LogP contribution in [0.1, 0.15) is 5.69 Å². The van der Waals surface area contributed by atoms with Crippen LogP contribution < -0.4 is 11.4 Å². The van der Waals surface area contributed by atoms with Gasteiger partial charge in [-0.2, -0.15) is 4.98 Å². The highest BCUT2D eigenvalue weighted by Crippen LogP contribution is 2.16. The van der Waals surface area contributed by atoms with E-state index in [1.54, 1.807) is 31.1 Å². The normalized spacial score (nSPS) is 11.6. The van der Waals surface area contributed by atoms with E-state index in [1.807, 2.05) is 18.2 Å². The fourth-order valence-corrected chi connectivity index (χ4v) is 2.75. The molecule has 1 N–H and O–H groups in total. The van der Waals surface area contributed by atoms with Crippen molar-refractivity contribution in [1.82, 2.24) is 28.7 Å². The van der Waals surface area contributed by atoms with E-state index < -0.39 is 0 Å². The lowest BCUT2D eigenvalue weighted by atomic mass is 10.3. The third kappa shape index (κ3) is 1.99. The number of rotatable bonds is 2. The van der Waals surface area contributed by atoms with E-state index in [1.165, 1.54) is 9.13 Å². The van der Waals surface area contributed by atoms with Crippen molar-refractivity contribution in [2.45, 2.75) is 6.54 Å². The molecule has 2 aliphatic rings. The molecule has 0 bridgehead atoms. The number of aromatic nitrogens is 6. The predicted molar refractivity (Wildman–Crippen MR) is 84.5 cm³/mol. The van der Waals surface area contributed by atoms with Gasteiger partial charge in [-0.05, 0) is 18.2 Å². The van der Waals surface area contributed by atoms with Gasteiger partial charge in [-0.25, -0.2) is 14.6 Å². The molecule has 8 heteroatoms. The van der Waals surface area contributed by atoms with E-state index in [9.17, 15) is 9.59 Å². The molecule has 0 atom stereocenters. The van der Waals surface area contributed by atoms with Gasteiger partial charge in [-0.3, -0.25) is 13.7 Å². The quantitative estimate of drug-likeness (QED) is 0.577. The number of pyridine rings is 1. The Morgan fingerprint density at radius 1 is 1.22 bits per heavy atom. The monoisotopic (exact) mass is 310 g/mol. The Hall–Kier alpha value is -3.16. The maximum absolute atomic E-state index is 12.5. The van der Waals surface area contributed by atoms with Gasteiger partial charge in [0.05, 0.1) is 6.54 Å². The van der Waals surface area contributed by atoms with Gasteiger partial charge in [-0.15, -0.1) is 0 Å². The van der Waals surface area contributed by atoms with Crippen molar-refractivity contribution in [3.05, 3.63) is 57.3 Å². The minimum atomic E-state index is -0.373. The van der Waals surface area contributed by atoms with Crippen LogP contribution in [0.2, 0.25) is 0 Å². The molecule has 23 heavy (non-hydrogen) atoms. The zero-order chi connectivity index (χ0) is 16.1. The highest BCUT2D eigenvalue weighted by molar-refractivity contribution is 5.76. The Labute approximate surface area is 130 Å². The lowest BCUT2D eigenvalue weighted by Gasteiger charge is -2.11. The molecule has 0 radical (unpaired) electrons. The molecule has 0 unspecified atom stereocenters. The highest BCUT2D eigenvalue weighted by Gasteiger charge is 2.18. The van der Waals surface area contributed by atoms with E-state index in [0.717, 1.165) is 16.7 Å².